The molecule has 2 rings (SSSR count). The second kappa shape index (κ2) is 5.16. The second-order valence-electron chi connectivity index (χ2n) is 3.70. The maximum Gasteiger partial charge on any atom is 0.408 e. The van der Waals surface area contributed by atoms with Crippen LogP contribution in [-0.2, 0) is 6.67 Å². The summed E-state index contributed by atoms with van der Waals surface area (Å²) in [7, 11) is 0. The first kappa shape index (κ1) is 14.4. The maximum absolute atomic E-state index is 10.8. The molecule has 21 heavy (non-hydrogen) atoms. The van der Waals surface area contributed by atoms with Crippen LogP contribution in [0.15, 0.2) is 12.4 Å². The van der Waals surface area contributed by atoms with Crippen molar-refractivity contribution in [1.82, 2.24) is 19.6 Å². The van der Waals surface area contributed by atoms with Gasteiger partial charge >= 0.3 is 17.5 Å². The van der Waals surface area contributed by atoms with Gasteiger partial charge in [-0.3, -0.25) is 10.1 Å². The minimum absolute atomic E-state index is 0.222. The van der Waals surface area contributed by atoms with Gasteiger partial charge in [0.1, 0.15) is 6.20 Å². The lowest BCUT2D eigenvalue weighted by Crippen LogP contribution is -2.10. The molecule has 0 unspecified atom stereocenters. The Bertz CT molecular complexity index is 719. The van der Waals surface area contributed by atoms with Gasteiger partial charge in [0.25, 0.3) is 0 Å². The molecule has 12 nitrogen and oxygen atoms in total. The number of carboxylic acids is 1. The van der Waals surface area contributed by atoms with E-state index in [0.717, 1.165) is 21.8 Å². The van der Waals surface area contributed by atoms with E-state index < -0.39 is 33.0 Å². The van der Waals surface area contributed by atoms with Gasteiger partial charge in [-0.2, -0.15) is 9.78 Å². The van der Waals surface area contributed by atoms with E-state index in [0.29, 0.717) is 0 Å². The first-order valence-electron chi connectivity index (χ1n) is 5.12. The average molecular weight is 317 g/mol. The van der Waals surface area contributed by atoms with Gasteiger partial charge in [0.05, 0.1) is 16.2 Å². The monoisotopic (exact) mass is 316 g/mol. The van der Waals surface area contributed by atoms with Gasteiger partial charge in [-0.05, 0) is 4.92 Å². The third-order valence-electron chi connectivity index (χ3n) is 2.30. The van der Waals surface area contributed by atoms with Crippen molar-refractivity contribution in [3.63, 3.8) is 0 Å². The van der Waals surface area contributed by atoms with Gasteiger partial charge in [-0.25, -0.2) is 9.48 Å². The Labute approximate surface area is 119 Å². The molecule has 0 aliphatic heterocycles. The predicted octanol–water partition coefficient (Wildman–Crippen LogP) is 0.753. The van der Waals surface area contributed by atoms with Gasteiger partial charge < -0.3 is 15.2 Å². The zero-order valence-corrected chi connectivity index (χ0v) is 10.7. The minimum Gasteiger partial charge on any atom is -0.476 e. The Morgan fingerprint density at radius 2 is 1.86 bits per heavy atom. The molecule has 110 valence electrons. The SMILES string of the molecule is O=C(O)c1nn(Cn2cc(Cl)c([N+](=O)[O-])n2)cc1[N+](=O)[O-]. The summed E-state index contributed by atoms with van der Waals surface area (Å²) >= 11 is 5.59. The molecule has 0 atom stereocenters. The van der Waals surface area contributed by atoms with Gasteiger partial charge in [0.2, 0.25) is 5.69 Å². The van der Waals surface area contributed by atoms with Crippen LogP contribution in [0.25, 0.3) is 0 Å². The highest BCUT2D eigenvalue weighted by Gasteiger charge is 2.26. The molecule has 0 spiro atoms. The van der Waals surface area contributed by atoms with Crippen LogP contribution in [0, 0.1) is 20.2 Å². The van der Waals surface area contributed by atoms with Crippen LogP contribution in [0.2, 0.25) is 5.02 Å². The average Bonchev–Trinajstić information content (AvgIpc) is 2.93. The quantitative estimate of drug-likeness (QED) is 0.624. The van der Waals surface area contributed by atoms with Crippen molar-refractivity contribution in [3.05, 3.63) is 43.3 Å². The van der Waals surface area contributed by atoms with Crippen molar-refractivity contribution < 1.29 is 19.7 Å². The molecule has 0 aliphatic rings. The number of carboxylic acid groups (broad SMARTS) is 1. The molecule has 0 aromatic carbocycles. The number of nitro groups is 2. The summed E-state index contributed by atoms with van der Waals surface area (Å²) in [6.07, 6.45) is 2.00. The van der Waals surface area contributed by atoms with Crippen molar-refractivity contribution in [2.75, 3.05) is 0 Å². The van der Waals surface area contributed by atoms with Crippen LogP contribution in [0.4, 0.5) is 11.5 Å². The maximum atomic E-state index is 10.8. The second-order valence-corrected chi connectivity index (χ2v) is 4.11. The van der Waals surface area contributed by atoms with Gasteiger partial charge in [-0.1, -0.05) is 11.6 Å². The fraction of sp³-hybridized carbons (Fsp3) is 0.125. The van der Waals surface area contributed by atoms with Crippen molar-refractivity contribution in [1.29, 1.82) is 0 Å². The largest absolute Gasteiger partial charge is 0.476 e. The van der Waals surface area contributed by atoms with Crippen molar-refractivity contribution >= 4 is 29.1 Å². The van der Waals surface area contributed by atoms with Crippen LogP contribution >= 0.6 is 11.6 Å². The standard InChI is InChI=1S/C8H5ClN6O6/c9-4-1-12(11-7(4)15(20)21)3-13-2-5(14(18)19)6(10-13)8(16)17/h1-2H,3H2,(H,16,17). The molecule has 2 aromatic rings. The van der Waals surface area contributed by atoms with Gasteiger partial charge in [0.15, 0.2) is 11.7 Å². The molecule has 0 saturated heterocycles. The molecule has 2 heterocycles. The van der Waals surface area contributed by atoms with Crippen LogP contribution in [0.5, 0.6) is 0 Å². The molecule has 2 aromatic heterocycles. The van der Waals surface area contributed by atoms with E-state index in [2.05, 4.69) is 10.2 Å². The lowest BCUT2D eigenvalue weighted by molar-refractivity contribution is -0.389. The fourth-order valence-electron chi connectivity index (χ4n) is 1.50. The Balaban J connectivity index is 2.34. The molecule has 13 heteroatoms. The van der Waals surface area contributed by atoms with Crippen molar-refractivity contribution in [2.45, 2.75) is 6.67 Å². The van der Waals surface area contributed by atoms with Crippen LogP contribution in [0.1, 0.15) is 10.5 Å². The van der Waals surface area contributed by atoms with Gasteiger partial charge in [-0.15, -0.1) is 0 Å². The normalized spacial score (nSPS) is 10.5. The lowest BCUT2D eigenvalue weighted by Gasteiger charge is -1.95. The number of hydrogen-bond donors (Lipinski definition) is 1. The number of rotatable bonds is 5. The first-order chi connectivity index (χ1) is 9.79. The number of nitrogens with zero attached hydrogens (tertiary/aromatic N) is 6. The Morgan fingerprint density at radius 1 is 1.24 bits per heavy atom. The topological polar surface area (TPSA) is 159 Å². The Kier molecular flexibility index (Phi) is 3.54. The van der Waals surface area contributed by atoms with E-state index in [1.807, 2.05) is 0 Å². The summed E-state index contributed by atoms with van der Waals surface area (Å²) in [5, 5.41) is 36.9. The highest BCUT2D eigenvalue weighted by atomic mass is 35.5. The zero-order chi connectivity index (χ0) is 15.7. The van der Waals surface area contributed by atoms with Gasteiger partial charge in [0, 0.05) is 0 Å². The fourth-order valence-corrected chi connectivity index (χ4v) is 1.72. The van der Waals surface area contributed by atoms with Crippen LogP contribution in [0.3, 0.4) is 0 Å². The van der Waals surface area contributed by atoms with E-state index in [4.69, 9.17) is 16.7 Å². The summed E-state index contributed by atoms with van der Waals surface area (Å²) in [6.45, 7) is -0.276. The molecule has 1 N–H and O–H groups in total. The van der Waals surface area contributed by atoms with E-state index in [9.17, 15) is 25.0 Å². The first-order valence-corrected chi connectivity index (χ1v) is 5.50. The smallest absolute Gasteiger partial charge is 0.408 e. The highest BCUT2D eigenvalue weighted by Crippen LogP contribution is 2.22. The molecule has 0 aliphatic carbocycles. The molecule has 0 bridgehead atoms. The minimum atomic E-state index is -1.56. The van der Waals surface area contributed by atoms with Crippen molar-refractivity contribution in [3.8, 4) is 0 Å². The van der Waals surface area contributed by atoms with E-state index >= 15 is 0 Å². The highest BCUT2D eigenvalue weighted by molar-refractivity contribution is 6.32. The summed E-state index contributed by atoms with van der Waals surface area (Å²) in [5.41, 5.74) is -1.44. The molecule has 0 saturated carbocycles. The Hall–Kier alpha value is -3.02. The summed E-state index contributed by atoms with van der Waals surface area (Å²) < 4.78 is 1.91. The van der Waals surface area contributed by atoms with E-state index in [1.165, 1.54) is 0 Å². The van der Waals surface area contributed by atoms with E-state index in [-0.39, 0.29) is 11.7 Å². The molecular formula is C8H5ClN6O6. The van der Waals surface area contributed by atoms with Crippen LogP contribution < -0.4 is 0 Å². The molecule has 0 fully saturated rings. The summed E-state index contributed by atoms with van der Waals surface area (Å²) in [6, 6.07) is 0. The Morgan fingerprint density at radius 3 is 2.29 bits per heavy atom. The zero-order valence-electron chi connectivity index (χ0n) is 9.91. The number of aromatic carboxylic acids is 1. The lowest BCUT2D eigenvalue weighted by atomic mass is 10.4. The number of aromatic nitrogens is 4. The predicted molar refractivity (Wildman–Crippen MR) is 65.1 cm³/mol. The summed E-state index contributed by atoms with van der Waals surface area (Å²) in [4.78, 5) is 30.4. The summed E-state index contributed by atoms with van der Waals surface area (Å²) in [5.74, 6) is -2.15. The number of hydrogen-bond acceptors (Lipinski definition) is 7. The number of halogens is 1. The molecule has 0 amide bonds. The number of carbonyl (C=O) groups is 1. The third-order valence-corrected chi connectivity index (χ3v) is 2.57. The molecule has 0 radical (unpaired) electrons. The molecular weight excluding hydrogens is 312 g/mol. The van der Waals surface area contributed by atoms with Crippen LogP contribution in [-0.4, -0.2) is 40.5 Å². The third kappa shape index (κ3) is 2.79. The van der Waals surface area contributed by atoms with Crippen molar-refractivity contribution in [2.24, 2.45) is 0 Å². The van der Waals surface area contributed by atoms with E-state index in [1.54, 1.807) is 0 Å².